The molecule has 1 aliphatic carbocycles. The molecule has 1 aromatic carbocycles. The Bertz CT molecular complexity index is 758. The van der Waals surface area contributed by atoms with E-state index in [0.717, 1.165) is 18.9 Å². The largest absolute Gasteiger partial charge is 0.329 e. The fourth-order valence-corrected chi connectivity index (χ4v) is 4.46. The van der Waals surface area contributed by atoms with Crippen LogP contribution in [0.25, 0.3) is 0 Å². The normalized spacial score (nSPS) is 16.5. The van der Waals surface area contributed by atoms with E-state index in [4.69, 9.17) is 0 Å². The molecule has 1 N–H and O–H groups in total. The number of hydrogen-bond acceptors (Lipinski definition) is 4. The molecule has 0 atom stereocenters. The average molecular weight is 338 g/mol. The molecular formula is C19H22N4S. The van der Waals surface area contributed by atoms with Gasteiger partial charge in [0.2, 0.25) is 0 Å². The number of nitrogens with one attached hydrogen (secondary N) is 1. The highest BCUT2D eigenvalue weighted by Gasteiger charge is 2.37. The summed E-state index contributed by atoms with van der Waals surface area (Å²) < 4.78 is 2.23. The lowest BCUT2D eigenvalue weighted by Gasteiger charge is -2.28. The third kappa shape index (κ3) is 3.14. The summed E-state index contributed by atoms with van der Waals surface area (Å²) in [5.74, 6) is 1.08. The summed E-state index contributed by atoms with van der Waals surface area (Å²) in [6.07, 6.45) is 10.7. The summed E-state index contributed by atoms with van der Waals surface area (Å²) in [6, 6.07) is 10.5. The molecule has 0 bridgehead atoms. The van der Waals surface area contributed by atoms with Gasteiger partial charge in [0.15, 0.2) is 0 Å². The van der Waals surface area contributed by atoms with Crippen molar-refractivity contribution < 1.29 is 0 Å². The molecule has 1 fully saturated rings. The molecular weight excluding hydrogens is 316 g/mol. The summed E-state index contributed by atoms with van der Waals surface area (Å²) in [6.45, 7) is 1.64. The van der Waals surface area contributed by atoms with Crippen molar-refractivity contribution in [3.8, 4) is 0 Å². The summed E-state index contributed by atoms with van der Waals surface area (Å²) >= 11 is 1.76. The van der Waals surface area contributed by atoms with Crippen LogP contribution in [0.4, 0.5) is 0 Å². The smallest absolute Gasteiger partial charge is 0.122 e. The predicted octanol–water partition coefficient (Wildman–Crippen LogP) is 3.95. The van der Waals surface area contributed by atoms with E-state index in [2.05, 4.69) is 61.8 Å². The van der Waals surface area contributed by atoms with Crippen molar-refractivity contribution in [3.05, 3.63) is 70.7 Å². The summed E-state index contributed by atoms with van der Waals surface area (Å²) in [7, 11) is 0. The topological polar surface area (TPSA) is 42.7 Å². The van der Waals surface area contributed by atoms with Gasteiger partial charge in [0.25, 0.3) is 0 Å². The number of rotatable bonds is 6. The number of thiazole rings is 1. The maximum absolute atomic E-state index is 4.59. The standard InChI is InChI=1S/C19H22N4S/c1-2-6-16(7-3-1)15-23-12-10-20-17(23)14-22-19(8-4-5-9-19)18-21-11-13-24-18/h1-3,6-7,10-13,22H,4-5,8-9,14-15H2. The van der Waals surface area contributed by atoms with Gasteiger partial charge in [-0.3, -0.25) is 5.32 Å². The fourth-order valence-electron chi connectivity index (χ4n) is 3.58. The molecule has 4 nitrogen and oxygen atoms in total. The minimum atomic E-state index is 0.0394. The van der Waals surface area contributed by atoms with Crippen LogP contribution in [0.15, 0.2) is 54.3 Å². The molecule has 0 amide bonds. The minimum Gasteiger partial charge on any atom is -0.329 e. The lowest BCUT2D eigenvalue weighted by Crippen LogP contribution is -2.39. The predicted molar refractivity (Wildman–Crippen MR) is 96.9 cm³/mol. The Balaban J connectivity index is 1.49. The van der Waals surface area contributed by atoms with Crippen molar-refractivity contribution in [2.24, 2.45) is 0 Å². The van der Waals surface area contributed by atoms with Crippen molar-refractivity contribution in [1.82, 2.24) is 19.9 Å². The maximum Gasteiger partial charge on any atom is 0.122 e. The van der Waals surface area contributed by atoms with E-state index in [9.17, 15) is 0 Å². The molecule has 1 saturated carbocycles. The number of nitrogens with zero attached hydrogens (tertiary/aromatic N) is 3. The lowest BCUT2D eigenvalue weighted by molar-refractivity contribution is 0.331. The third-order valence-corrected chi connectivity index (χ3v) is 5.86. The molecule has 0 radical (unpaired) electrons. The van der Waals surface area contributed by atoms with Gasteiger partial charge in [0.05, 0.1) is 12.1 Å². The van der Waals surface area contributed by atoms with E-state index in [1.54, 1.807) is 11.3 Å². The number of hydrogen-bond donors (Lipinski definition) is 1. The van der Waals surface area contributed by atoms with Crippen LogP contribution in [-0.2, 0) is 18.6 Å². The van der Waals surface area contributed by atoms with E-state index >= 15 is 0 Å². The van der Waals surface area contributed by atoms with Crippen molar-refractivity contribution in [3.63, 3.8) is 0 Å². The average Bonchev–Trinajstić information content (AvgIpc) is 3.36. The first-order chi connectivity index (χ1) is 11.9. The van der Waals surface area contributed by atoms with Crippen molar-refractivity contribution in [1.29, 1.82) is 0 Å². The highest BCUT2D eigenvalue weighted by atomic mass is 32.1. The van der Waals surface area contributed by atoms with Crippen molar-refractivity contribution >= 4 is 11.3 Å². The van der Waals surface area contributed by atoms with Crippen molar-refractivity contribution in [2.75, 3.05) is 0 Å². The van der Waals surface area contributed by atoms with Crippen molar-refractivity contribution in [2.45, 2.75) is 44.3 Å². The summed E-state index contributed by atoms with van der Waals surface area (Å²) in [5.41, 5.74) is 1.34. The van der Waals surface area contributed by atoms with E-state index in [1.807, 2.05) is 12.4 Å². The van der Waals surface area contributed by atoms with Crippen LogP contribution in [0.2, 0.25) is 0 Å². The van der Waals surface area contributed by atoms with Gasteiger partial charge in [-0.05, 0) is 18.4 Å². The Morgan fingerprint density at radius 1 is 1.08 bits per heavy atom. The molecule has 0 saturated heterocycles. The third-order valence-electron chi connectivity index (χ3n) is 4.88. The van der Waals surface area contributed by atoms with Gasteiger partial charge in [0.1, 0.15) is 10.8 Å². The molecule has 5 heteroatoms. The Kier molecular flexibility index (Phi) is 4.45. The Labute approximate surface area is 146 Å². The molecule has 4 rings (SSSR count). The molecule has 2 aromatic heterocycles. The van der Waals surface area contributed by atoms with Gasteiger partial charge in [-0.25, -0.2) is 9.97 Å². The first-order valence-electron chi connectivity index (χ1n) is 8.55. The lowest BCUT2D eigenvalue weighted by atomic mass is 9.98. The van der Waals surface area contributed by atoms with E-state index < -0.39 is 0 Å². The minimum absolute atomic E-state index is 0.0394. The molecule has 3 aromatic rings. The Morgan fingerprint density at radius 3 is 2.67 bits per heavy atom. The van der Waals surface area contributed by atoms with Crippen LogP contribution in [0.5, 0.6) is 0 Å². The number of aromatic nitrogens is 3. The number of imidazole rings is 1. The van der Waals surface area contributed by atoms with E-state index in [-0.39, 0.29) is 5.54 Å². The zero-order valence-electron chi connectivity index (χ0n) is 13.7. The quantitative estimate of drug-likeness (QED) is 0.740. The van der Waals surface area contributed by atoms with Crippen LogP contribution < -0.4 is 5.32 Å². The zero-order chi connectivity index (χ0) is 16.2. The maximum atomic E-state index is 4.59. The molecule has 1 aliphatic rings. The van der Waals surface area contributed by atoms with Gasteiger partial charge < -0.3 is 4.57 Å². The second kappa shape index (κ2) is 6.87. The number of benzene rings is 1. The SMILES string of the molecule is c1ccc(Cn2ccnc2CNC2(c3nccs3)CCCC2)cc1. The first kappa shape index (κ1) is 15.5. The summed E-state index contributed by atoms with van der Waals surface area (Å²) in [4.78, 5) is 9.16. The Morgan fingerprint density at radius 2 is 1.92 bits per heavy atom. The first-order valence-corrected chi connectivity index (χ1v) is 9.43. The highest BCUT2D eigenvalue weighted by Crippen LogP contribution is 2.39. The molecule has 24 heavy (non-hydrogen) atoms. The molecule has 2 heterocycles. The van der Waals surface area contributed by atoms with Crippen LogP contribution in [0.1, 0.15) is 42.1 Å². The molecule has 0 spiro atoms. The van der Waals surface area contributed by atoms with Crippen LogP contribution in [-0.4, -0.2) is 14.5 Å². The molecule has 0 unspecified atom stereocenters. The van der Waals surface area contributed by atoms with E-state index in [0.29, 0.717) is 0 Å². The fraction of sp³-hybridized carbons (Fsp3) is 0.368. The van der Waals surface area contributed by atoms with Gasteiger partial charge >= 0.3 is 0 Å². The second-order valence-corrected chi connectivity index (χ2v) is 7.33. The van der Waals surface area contributed by atoms with Gasteiger partial charge in [-0.2, -0.15) is 0 Å². The van der Waals surface area contributed by atoms with Crippen LogP contribution >= 0.6 is 11.3 Å². The zero-order valence-corrected chi connectivity index (χ0v) is 14.5. The van der Waals surface area contributed by atoms with Gasteiger partial charge in [-0.1, -0.05) is 43.2 Å². The monoisotopic (exact) mass is 338 g/mol. The van der Waals surface area contributed by atoms with Crippen LogP contribution in [0.3, 0.4) is 0 Å². The second-order valence-electron chi connectivity index (χ2n) is 6.44. The molecule has 124 valence electrons. The molecule has 0 aliphatic heterocycles. The van der Waals surface area contributed by atoms with Gasteiger partial charge in [0, 0.05) is 30.5 Å². The highest BCUT2D eigenvalue weighted by molar-refractivity contribution is 7.09. The van der Waals surface area contributed by atoms with Crippen LogP contribution in [0, 0.1) is 0 Å². The Hall–Kier alpha value is -1.98. The van der Waals surface area contributed by atoms with E-state index in [1.165, 1.54) is 36.3 Å². The van der Waals surface area contributed by atoms with Gasteiger partial charge in [-0.15, -0.1) is 11.3 Å². The summed E-state index contributed by atoms with van der Waals surface area (Å²) in [5, 5.41) is 7.09.